The zero-order valence-corrected chi connectivity index (χ0v) is 16.2. The summed E-state index contributed by atoms with van der Waals surface area (Å²) in [6.07, 6.45) is 0. The average Bonchev–Trinajstić information content (AvgIpc) is 2.52. The largest absolute Gasteiger partial charge is 0.384 e. The van der Waals surface area contributed by atoms with Gasteiger partial charge in [0, 0.05) is 34.4 Å². The third kappa shape index (κ3) is 7.01. The molecule has 2 unspecified atom stereocenters. The molecule has 2 atom stereocenters. The lowest BCUT2D eigenvalue weighted by Gasteiger charge is -2.23. The zero-order chi connectivity index (χ0) is 18.2. The maximum absolute atomic E-state index is 12.1. The van der Waals surface area contributed by atoms with E-state index in [4.69, 9.17) is 0 Å². The van der Waals surface area contributed by atoms with E-state index >= 15 is 0 Å². The van der Waals surface area contributed by atoms with Crippen molar-refractivity contribution in [2.75, 3.05) is 25.4 Å². The normalized spacial score (nSPS) is 16.3. The molecule has 3 N–H and O–H groups in total. The van der Waals surface area contributed by atoms with Crippen LogP contribution in [-0.2, 0) is 16.4 Å². The summed E-state index contributed by atoms with van der Waals surface area (Å²) in [6, 6.07) is 9.51. The number of guanidine groups is 1. The Morgan fingerprint density at radius 2 is 1.79 bits per heavy atom. The second-order valence-corrected chi connectivity index (χ2v) is 9.25. The van der Waals surface area contributed by atoms with Crippen LogP contribution in [0, 0.1) is 0 Å². The van der Waals surface area contributed by atoms with Crippen LogP contribution in [-0.4, -0.2) is 45.4 Å². The van der Waals surface area contributed by atoms with Crippen LogP contribution in [0.25, 0.3) is 0 Å². The van der Waals surface area contributed by atoms with E-state index in [1.54, 1.807) is 6.92 Å². The molecular weight excluding hydrogens is 322 g/mol. The highest BCUT2D eigenvalue weighted by atomic mass is 32.2. The lowest BCUT2D eigenvalue weighted by atomic mass is 9.96. The fourth-order valence-corrected chi connectivity index (χ4v) is 2.93. The number of nitrogens with one attached hydrogen (secondary N) is 2. The molecule has 0 aromatic heterocycles. The van der Waals surface area contributed by atoms with Crippen LogP contribution in [0.15, 0.2) is 35.3 Å². The molecule has 1 aromatic rings. The van der Waals surface area contributed by atoms with Crippen LogP contribution in [0.3, 0.4) is 0 Å². The third-order valence-corrected chi connectivity index (χ3v) is 5.49. The molecule has 5 nitrogen and oxygen atoms in total. The molecule has 1 rings (SSSR count). The standard InChI is InChI=1S/C18H31N3O2S/c1-6-19-16(20-12-13-24(23)17(2,3)4)21-14-18(5,22)15-10-8-7-9-11-15/h7-11,22H,6,12-14H2,1-5H3,(H2,19,20,21). The first kappa shape index (κ1) is 20.6. The van der Waals surface area contributed by atoms with E-state index in [9.17, 15) is 9.32 Å². The fourth-order valence-electron chi connectivity index (χ4n) is 2.03. The van der Waals surface area contributed by atoms with Crippen molar-refractivity contribution in [3.05, 3.63) is 35.9 Å². The number of aliphatic hydroxyl groups is 1. The van der Waals surface area contributed by atoms with Crippen LogP contribution in [0.4, 0.5) is 0 Å². The summed E-state index contributed by atoms with van der Waals surface area (Å²) in [5, 5.41) is 16.9. The van der Waals surface area contributed by atoms with E-state index in [1.807, 2.05) is 58.0 Å². The van der Waals surface area contributed by atoms with Gasteiger partial charge in [0.15, 0.2) is 5.96 Å². The number of nitrogens with zero attached hydrogens (tertiary/aromatic N) is 1. The van der Waals surface area contributed by atoms with Crippen molar-refractivity contribution in [2.45, 2.75) is 45.0 Å². The van der Waals surface area contributed by atoms with Gasteiger partial charge in [-0.15, -0.1) is 0 Å². The van der Waals surface area contributed by atoms with Crippen molar-refractivity contribution in [3.63, 3.8) is 0 Å². The Labute approximate surface area is 148 Å². The minimum absolute atomic E-state index is 0.214. The fraction of sp³-hybridized carbons (Fsp3) is 0.611. The summed E-state index contributed by atoms with van der Waals surface area (Å²) < 4.78 is 11.9. The first-order valence-corrected chi connectivity index (χ1v) is 9.67. The van der Waals surface area contributed by atoms with E-state index in [1.165, 1.54) is 0 Å². The van der Waals surface area contributed by atoms with Crippen molar-refractivity contribution in [1.29, 1.82) is 0 Å². The van der Waals surface area contributed by atoms with E-state index in [0.29, 0.717) is 18.3 Å². The average molecular weight is 354 g/mol. The molecule has 0 heterocycles. The summed E-state index contributed by atoms with van der Waals surface area (Å²) >= 11 is 0. The SMILES string of the molecule is CCNC(=NCC(C)(O)c1ccccc1)NCCS(=O)C(C)(C)C. The summed E-state index contributed by atoms with van der Waals surface area (Å²) in [6.45, 7) is 11.2. The van der Waals surface area contributed by atoms with Gasteiger partial charge in [0.1, 0.15) is 5.60 Å². The first-order valence-electron chi connectivity index (χ1n) is 8.35. The van der Waals surface area contributed by atoms with Crippen LogP contribution >= 0.6 is 0 Å². The zero-order valence-electron chi connectivity index (χ0n) is 15.4. The predicted molar refractivity (Wildman–Crippen MR) is 103 cm³/mol. The van der Waals surface area contributed by atoms with E-state index < -0.39 is 16.4 Å². The molecule has 6 heteroatoms. The van der Waals surface area contributed by atoms with Crippen molar-refractivity contribution >= 4 is 16.8 Å². The highest BCUT2D eigenvalue weighted by Crippen LogP contribution is 2.20. The van der Waals surface area contributed by atoms with Gasteiger partial charge < -0.3 is 15.7 Å². The van der Waals surface area contributed by atoms with Gasteiger partial charge in [0.25, 0.3) is 0 Å². The van der Waals surface area contributed by atoms with Crippen LogP contribution in [0.5, 0.6) is 0 Å². The Hall–Kier alpha value is -1.40. The molecule has 0 fully saturated rings. The summed E-state index contributed by atoms with van der Waals surface area (Å²) in [5.74, 6) is 1.18. The Morgan fingerprint density at radius 1 is 1.17 bits per heavy atom. The summed E-state index contributed by atoms with van der Waals surface area (Å²) in [7, 11) is -0.903. The minimum atomic E-state index is -1.03. The lowest BCUT2D eigenvalue weighted by molar-refractivity contribution is 0.0672. The summed E-state index contributed by atoms with van der Waals surface area (Å²) in [5.41, 5.74) is -0.198. The summed E-state index contributed by atoms with van der Waals surface area (Å²) in [4.78, 5) is 4.47. The van der Waals surface area contributed by atoms with Crippen LogP contribution < -0.4 is 10.6 Å². The molecule has 0 saturated carbocycles. The van der Waals surface area contributed by atoms with E-state index in [-0.39, 0.29) is 11.3 Å². The van der Waals surface area contributed by atoms with Crippen molar-refractivity contribution in [2.24, 2.45) is 4.99 Å². The molecule has 136 valence electrons. The molecule has 1 aromatic carbocycles. The molecule has 0 aliphatic carbocycles. The molecule has 0 aliphatic heterocycles. The minimum Gasteiger partial charge on any atom is -0.384 e. The van der Waals surface area contributed by atoms with Crippen molar-refractivity contribution in [3.8, 4) is 0 Å². The molecular formula is C18H31N3O2S. The molecule has 0 radical (unpaired) electrons. The second kappa shape index (κ2) is 9.18. The monoisotopic (exact) mass is 353 g/mol. The van der Waals surface area contributed by atoms with E-state index in [2.05, 4.69) is 15.6 Å². The van der Waals surface area contributed by atoms with Gasteiger partial charge >= 0.3 is 0 Å². The van der Waals surface area contributed by atoms with Gasteiger partial charge in [-0.05, 0) is 40.2 Å². The topological polar surface area (TPSA) is 73.7 Å². The highest BCUT2D eigenvalue weighted by molar-refractivity contribution is 7.86. The third-order valence-electron chi connectivity index (χ3n) is 3.55. The van der Waals surface area contributed by atoms with Gasteiger partial charge in [0.05, 0.1) is 6.54 Å². The maximum Gasteiger partial charge on any atom is 0.191 e. The van der Waals surface area contributed by atoms with Crippen LogP contribution in [0.2, 0.25) is 0 Å². The number of hydrogen-bond donors (Lipinski definition) is 3. The Morgan fingerprint density at radius 3 is 2.33 bits per heavy atom. The second-order valence-electron chi connectivity index (χ2n) is 6.92. The number of rotatable bonds is 7. The van der Waals surface area contributed by atoms with Crippen molar-refractivity contribution in [1.82, 2.24) is 10.6 Å². The Balaban J connectivity index is 2.64. The molecule has 0 spiro atoms. The number of benzene rings is 1. The van der Waals surface area contributed by atoms with Gasteiger partial charge in [-0.3, -0.25) is 4.21 Å². The molecule has 0 amide bonds. The number of hydrogen-bond acceptors (Lipinski definition) is 3. The molecule has 0 aliphatic rings. The van der Waals surface area contributed by atoms with Crippen molar-refractivity contribution < 1.29 is 9.32 Å². The van der Waals surface area contributed by atoms with Gasteiger partial charge in [-0.25, -0.2) is 4.99 Å². The lowest BCUT2D eigenvalue weighted by Crippen LogP contribution is -2.41. The highest BCUT2D eigenvalue weighted by Gasteiger charge is 2.22. The van der Waals surface area contributed by atoms with E-state index in [0.717, 1.165) is 12.1 Å². The van der Waals surface area contributed by atoms with Gasteiger partial charge in [0.2, 0.25) is 0 Å². The molecule has 0 bridgehead atoms. The van der Waals surface area contributed by atoms with Gasteiger partial charge in [-0.2, -0.15) is 0 Å². The first-order chi connectivity index (χ1) is 11.2. The quantitative estimate of drug-likeness (QED) is 0.518. The maximum atomic E-state index is 12.1. The van der Waals surface area contributed by atoms with Crippen LogP contribution in [0.1, 0.15) is 40.2 Å². The number of aliphatic imine (C=N–C) groups is 1. The molecule has 24 heavy (non-hydrogen) atoms. The predicted octanol–water partition coefficient (Wildman–Crippen LogP) is 2.00. The molecule has 0 saturated heterocycles. The smallest absolute Gasteiger partial charge is 0.191 e. The Bertz CT molecular complexity index is 551. The Kier molecular flexibility index (Phi) is 7.90. The van der Waals surface area contributed by atoms with Gasteiger partial charge in [-0.1, -0.05) is 30.3 Å².